The van der Waals surface area contributed by atoms with Crippen LogP contribution in [0, 0.1) is 64.7 Å². The van der Waals surface area contributed by atoms with Gasteiger partial charge in [0.2, 0.25) is 22.8 Å². The average Bonchev–Trinajstić information content (AvgIpc) is 1.61. The number of nitrogens with zero attached hydrogens (tertiary/aromatic N) is 8. The van der Waals surface area contributed by atoms with Crippen LogP contribution in [0.4, 0.5) is 17.1 Å². The van der Waals surface area contributed by atoms with Crippen molar-refractivity contribution in [2.75, 3.05) is 0 Å². The van der Waals surface area contributed by atoms with Crippen LogP contribution in [-0.4, -0.2) is 0 Å². The zero-order valence-corrected chi connectivity index (χ0v) is 62.4. The molecule has 0 aliphatic heterocycles. The second-order valence-electron chi connectivity index (χ2n) is 28.1. The lowest BCUT2D eigenvalue weighted by molar-refractivity contribution is -0.660. The first kappa shape index (κ1) is 68.2. The molecule has 0 radical (unpaired) electrons. The summed E-state index contributed by atoms with van der Waals surface area (Å²) in [5.74, 6) is 0.125. The molecule has 0 saturated carbocycles. The summed E-state index contributed by atoms with van der Waals surface area (Å²) in [5, 5.41) is 17.9. The Hall–Kier alpha value is -13.3. The minimum atomic E-state index is -1.38. The lowest BCUT2D eigenvalue weighted by atomic mass is 9.96. The van der Waals surface area contributed by atoms with Gasteiger partial charge in [0, 0.05) is 122 Å². The SMILES string of the molecule is CCc1ccc2c(oc3cc(C)c(-c4cccc[n+]4C)cc32)c1C#N.[2H]C([2H])(c1ccc(-c2cc3c(cc2C)oc2cc([N+]#[C-])ccc23)[n+](C)c1)C(C)C.[C-]#[N+]c1cc(-c2ccccc2)c2c(c1)oc1cc(C)c(-c3cccc[n+]3C)cc12.[C-]#[N+]c1ccc2c(oc3cc(C)c(-c4cccc[n+]4C)cc32)c1C(C)C. The molecule has 12 heteroatoms. The Morgan fingerprint density at radius 2 is 0.888 bits per heavy atom. The molecular formula is C95H82N8O4+4. The monoisotopic (exact) mass is 1400 g/mol. The zero-order valence-electron chi connectivity index (χ0n) is 64.4. The van der Waals surface area contributed by atoms with Gasteiger partial charge in [-0.2, -0.15) is 5.26 Å². The van der Waals surface area contributed by atoms with Crippen molar-refractivity contribution in [3.05, 3.63) is 304 Å². The molecule has 0 spiro atoms. The number of furan rings is 4. The normalized spacial score (nSPS) is 11.7. The first-order valence-corrected chi connectivity index (χ1v) is 35.9. The molecule has 8 aromatic heterocycles. The number of benzene rings is 9. The summed E-state index contributed by atoms with van der Waals surface area (Å²) in [6.07, 6.45) is 7.49. The fourth-order valence-electron chi connectivity index (χ4n) is 14.8. The van der Waals surface area contributed by atoms with Crippen molar-refractivity contribution in [2.24, 2.45) is 34.1 Å². The van der Waals surface area contributed by atoms with Gasteiger partial charge in [-0.05, 0) is 182 Å². The van der Waals surface area contributed by atoms with E-state index in [2.05, 4.69) is 193 Å². The van der Waals surface area contributed by atoms with Crippen molar-refractivity contribution in [2.45, 2.75) is 81.0 Å². The number of hydrogen-bond donors (Lipinski definition) is 0. The molecule has 8 heterocycles. The number of pyridine rings is 4. The Morgan fingerprint density at radius 1 is 0.430 bits per heavy atom. The van der Waals surface area contributed by atoms with Gasteiger partial charge >= 0.3 is 0 Å². The molecule has 522 valence electrons. The Balaban J connectivity index is 0.000000122. The van der Waals surface area contributed by atoms with Crippen molar-refractivity contribution in [1.82, 2.24) is 0 Å². The van der Waals surface area contributed by atoms with Gasteiger partial charge in [0.25, 0.3) is 0 Å². The first-order valence-electron chi connectivity index (χ1n) is 36.9. The van der Waals surface area contributed by atoms with E-state index in [1.807, 2.05) is 155 Å². The van der Waals surface area contributed by atoms with Crippen molar-refractivity contribution < 1.29 is 38.7 Å². The van der Waals surface area contributed by atoms with Gasteiger partial charge in [0.05, 0.1) is 25.3 Å². The van der Waals surface area contributed by atoms with E-state index in [0.717, 1.165) is 150 Å². The Morgan fingerprint density at radius 3 is 1.39 bits per heavy atom. The third-order valence-electron chi connectivity index (χ3n) is 20.2. The highest BCUT2D eigenvalue weighted by Crippen LogP contribution is 2.45. The van der Waals surface area contributed by atoms with Crippen LogP contribution in [0.2, 0.25) is 0 Å². The van der Waals surface area contributed by atoms with Crippen LogP contribution in [0.3, 0.4) is 0 Å². The smallest absolute Gasteiger partial charge is 0.212 e. The summed E-state index contributed by atoms with van der Waals surface area (Å²) >= 11 is 0. The van der Waals surface area contributed by atoms with Crippen molar-refractivity contribution in [3.8, 4) is 62.2 Å². The number of rotatable bonds is 9. The van der Waals surface area contributed by atoms with Gasteiger partial charge in [0.15, 0.2) is 47.4 Å². The standard InChI is InChI=1S/C26H19N2O.C24H23N2O.C23H21N2O.C22H19N2O/c1-17-13-24-22(16-20(17)23-11-7-8-12-28(23)3)26-21(18-9-5-4-6-10-18)14-19(27-2)15-25(26)29-24;1-15(2)10-17-6-9-22(26(5)14-17)20-13-21-19-8-7-18(25-4)12-24(19)27-23(21)11-16(20)3;1-14(2)22-19(24-4)10-9-16-18-13-17(20-8-6-7-11-25(20)5)15(3)12-21(18)26-23(16)22;1-4-15-8-9-16-18-12-17(20-7-5-6-10-24(20)3)14(2)11-21(18)25-22(16)19(15)13-23/h4-16H,1,3H3;6-9,11-15H,10H2,1-3,5H3;6-14H,1-3,5H3;5-12H,4H2,1-3H3/q4*+1/i;10D2;;. The van der Waals surface area contributed by atoms with E-state index < -0.39 is 6.37 Å². The molecule has 0 atom stereocenters. The van der Waals surface area contributed by atoms with Crippen LogP contribution in [-0.2, 0) is 41.0 Å². The van der Waals surface area contributed by atoms with E-state index in [-0.39, 0.29) is 11.8 Å². The lowest BCUT2D eigenvalue weighted by Gasteiger charge is -2.08. The summed E-state index contributed by atoms with van der Waals surface area (Å²) in [7, 11) is 8.12. The summed E-state index contributed by atoms with van der Waals surface area (Å²) < 4.78 is 49.6. The lowest BCUT2D eigenvalue weighted by Crippen LogP contribution is -2.31. The van der Waals surface area contributed by atoms with Crippen molar-refractivity contribution in [3.63, 3.8) is 0 Å². The van der Waals surface area contributed by atoms with E-state index in [1.54, 1.807) is 6.07 Å². The number of aromatic nitrogens is 4. The Kier molecular flexibility index (Phi) is 18.8. The quantitative estimate of drug-likeness (QED) is 0.106. The van der Waals surface area contributed by atoms with Gasteiger partial charge in [-0.1, -0.05) is 101 Å². The molecule has 17 aromatic rings. The van der Waals surface area contributed by atoms with Crippen LogP contribution in [0.1, 0.15) is 87.8 Å². The van der Waals surface area contributed by atoms with Gasteiger partial charge < -0.3 is 17.7 Å². The molecule has 107 heavy (non-hydrogen) atoms. The second kappa shape index (κ2) is 29.5. The maximum absolute atomic E-state index is 9.58. The van der Waals surface area contributed by atoms with Crippen LogP contribution in [0.25, 0.3) is 158 Å². The fourth-order valence-corrected chi connectivity index (χ4v) is 14.8. The molecule has 0 fully saturated rings. The molecule has 0 amide bonds. The van der Waals surface area contributed by atoms with Crippen LogP contribution < -0.4 is 18.3 Å². The van der Waals surface area contributed by atoms with Crippen LogP contribution in [0.5, 0.6) is 0 Å². The number of hydrogen-bond acceptors (Lipinski definition) is 5. The Labute approximate surface area is 626 Å². The number of aryl methyl sites for hydroxylation is 9. The summed E-state index contributed by atoms with van der Waals surface area (Å²) in [4.78, 5) is 10.8. The maximum atomic E-state index is 9.58. The minimum Gasteiger partial charge on any atom is -0.457 e. The van der Waals surface area contributed by atoms with E-state index in [9.17, 15) is 5.26 Å². The van der Waals surface area contributed by atoms with E-state index in [1.165, 1.54) is 27.9 Å². The predicted octanol–water partition coefficient (Wildman–Crippen LogP) is 23.6. The summed E-state index contributed by atoms with van der Waals surface area (Å²) in [5.41, 5.74) is 27.4. The molecule has 0 aliphatic carbocycles. The summed E-state index contributed by atoms with van der Waals surface area (Å²) in [6, 6.07) is 69.5. The molecule has 9 aromatic carbocycles. The highest BCUT2D eigenvalue weighted by molar-refractivity contribution is 6.15. The Bertz CT molecular complexity index is 6680. The van der Waals surface area contributed by atoms with Gasteiger partial charge in [-0.25, -0.2) is 32.8 Å². The van der Waals surface area contributed by atoms with Gasteiger partial charge in [-0.3, -0.25) is 0 Å². The van der Waals surface area contributed by atoms with Crippen molar-refractivity contribution in [1.29, 1.82) is 5.26 Å². The predicted molar refractivity (Wildman–Crippen MR) is 431 cm³/mol. The molecule has 0 unspecified atom stereocenters. The first-order chi connectivity index (χ1) is 52.5. The number of fused-ring (bicyclic) bond motifs is 12. The molecular weight excluding hydrogens is 1320 g/mol. The highest BCUT2D eigenvalue weighted by atomic mass is 16.3. The molecule has 17 rings (SSSR count). The third kappa shape index (κ3) is 13.5. The van der Waals surface area contributed by atoms with Crippen LogP contribution in [0.15, 0.2) is 243 Å². The highest BCUT2D eigenvalue weighted by Gasteiger charge is 2.25. The summed E-state index contributed by atoms with van der Waals surface area (Å²) in [6.45, 7) is 40.6. The minimum absolute atomic E-state index is 0.107. The molecule has 0 N–H and O–H groups in total. The fraction of sp³-hybridized carbons (Fsp3) is 0.179. The topological polar surface area (TPSA) is 105 Å². The largest absolute Gasteiger partial charge is 0.457 e. The maximum Gasteiger partial charge on any atom is 0.212 e. The van der Waals surface area contributed by atoms with E-state index in [0.29, 0.717) is 33.8 Å². The molecule has 0 saturated heterocycles. The van der Waals surface area contributed by atoms with E-state index in [4.69, 9.17) is 40.1 Å². The number of nitriles is 1. The van der Waals surface area contributed by atoms with Gasteiger partial charge in [-0.15, -0.1) is 0 Å². The van der Waals surface area contributed by atoms with Crippen LogP contribution >= 0.6 is 0 Å². The van der Waals surface area contributed by atoms with Gasteiger partial charge in [0.1, 0.15) is 73.3 Å². The molecule has 12 nitrogen and oxygen atoms in total. The van der Waals surface area contributed by atoms with Crippen molar-refractivity contribution >= 4 is 105 Å². The second-order valence-corrected chi connectivity index (χ2v) is 28.1. The average molecular weight is 1400 g/mol. The zero-order chi connectivity index (χ0) is 76.9. The molecule has 0 aliphatic rings. The van der Waals surface area contributed by atoms with E-state index >= 15 is 0 Å². The third-order valence-corrected chi connectivity index (χ3v) is 20.2. The molecule has 0 bridgehead atoms.